The van der Waals surface area contributed by atoms with Crippen LogP contribution < -0.4 is 5.32 Å². The third kappa shape index (κ3) is 4.14. The van der Waals surface area contributed by atoms with Crippen LogP contribution in [0.1, 0.15) is 22.8 Å². The van der Waals surface area contributed by atoms with Gasteiger partial charge in [-0.2, -0.15) is 5.26 Å². The molecule has 0 aromatic heterocycles. The molecule has 8 heteroatoms. The Hall–Kier alpha value is -3.34. The second kappa shape index (κ2) is 7.49. The van der Waals surface area contributed by atoms with E-state index in [4.69, 9.17) is 10.00 Å². The van der Waals surface area contributed by atoms with Crippen molar-refractivity contribution in [3.8, 4) is 6.07 Å². The Kier molecular flexibility index (Phi) is 5.39. The van der Waals surface area contributed by atoms with Crippen molar-refractivity contribution in [2.45, 2.75) is 13.0 Å². The Bertz CT molecular complexity index is 861. The van der Waals surface area contributed by atoms with Crippen LogP contribution in [0.15, 0.2) is 36.4 Å². The fourth-order valence-electron chi connectivity index (χ4n) is 1.82. The molecule has 0 radical (unpaired) electrons. The minimum absolute atomic E-state index is 0.109. The summed E-state index contributed by atoms with van der Waals surface area (Å²) in [5.41, 5.74) is -0.126. The summed E-state index contributed by atoms with van der Waals surface area (Å²) in [6, 6.07) is 8.88. The standard InChI is InChI=1S/C17H11F3N2O3/c1-9(25-17(24)11-4-2-10(8-21)3-5-11)16(23)22-13-7-6-12(18)14(19)15(13)20/h2-7,9H,1H3,(H,22,23). The maximum atomic E-state index is 13.5. The van der Waals surface area contributed by atoms with Crippen LogP contribution in [0.5, 0.6) is 0 Å². The topological polar surface area (TPSA) is 79.2 Å². The zero-order chi connectivity index (χ0) is 18.6. The molecule has 0 heterocycles. The maximum absolute atomic E-state index is 13.5. The normalized spacial score (nSPS) is 11.3. The molecule has 5 nitrogen and oxygen atoms in total. The molecule has 1 amide bonds. The number of ether oxygens (including phenoxy) is 1. The molecular weight excluding hydrogens is 337 g/mol. The molecule has 2 aromatic rings. The van der Waals surface area contributed by atoms with Gasteiger partial charge < -0.3 is 10.1 Å². The summed E-state index contributed by atoms with van der Waals surface area (Å²) in [4.78, 5) is 23.8. The van der Waals surface area contributed by atoms with E-state index >= 15 is 0 Å². The van der Waals surface area contributed by atoms with Gasteiger partial charge in [-0.1, -0.05) is 0 Å². The summed E-state index contributed by atoms with van der Waals surface area (Å²) >= 11 is 0. The molecule has 1 atom stereocenters. The molecule has 1 unspecified atom stereocenters. The number of hydrogen-bond acceptors (Lipinski definition) is 4. The molecule has 0 bridgehead atoms. The second-order valence-corrected chi connectivity index (χ2v) is 4.95. The molecule has 0 saturated heterocycles. The van der Waals surface area contributed by atoms with Crippen molar-refractivity contribution < 1.29 is 27.5 Å². The quantitative estimate of drug-likeness (QED) is 0.680. The van der Waals surface area contributed by atoms with Crippen LogP contribution in [-0.2, 0) is 9.53 Å². The summed E-state index contributed by atoms with van der Waals surface area (Å²) in [6.07, 6.45) is -1.32. The molecule has 0 aliphatic heterocycles. The highest BCUT2D eigenvalue weighted by molar-refractivity contribution is 5.97. The first-order valence-corrected chi connectivity index (χ1v) is 6.99. The zero-order valence-corrected chi connectivity index (χ0v) is 12.8. The molecule has 0 spiro atoms. The van der Waals surface area contributed by atoms with Crippen molar-refractivity contribution in [1.29, 1.82) is 5.26 Å². The molecule has 0 aliphatic rings. The number of nitrogens with zero attached hydrogens (tertiary/aromatic N) is 1. The van der Waals surface area contributed by atoms with Crippen LogP contribution in [0, 0.1) is 28.8 Å². The molecule has 2 rings (SSSR count). The number of halogens is 3. The van der Waals surface area contributed by atoms with E-state index in [-0.39, 0.29) is 5.56 Å². The van der Waals surface area contributed by atoms with E-state index in [1.54, 1.807) is 0 Å². The number of nitriles is 1. The molecule has 128 valence electrons. The summed E-state index contributed by atoms with van der Waals surface area (Å²) in [5, 5.41) is 10.7. The van der Waals surface area contributed by atoms with Crippen LogP contribution in [0.4, 0.5) is 18.9 Å². The van der Waals surface area contributed by atoms with E-state index in [1.165, 1.54) is 31.2 Å². The maximum Gasteiger partial charge on any atom is 0.338 e. The summed E-state index contributed by atoms with van der Waals surface area (Å²) in [6.45, 7) is 1.23. The van der Waals surface area contributed by atoms with E-state index in [1.807, 2.05) is 11.4 Å². The van der Waals surface area contributed by atoms with E-state index < -0.39 is 41.1 Å². The average molecular weight is 348 g/mol. The van der Waals surface area contributed by atoms with Gasteiger partial charge in [-0.15, -0.1) is 0 Å². The van der Waals surface area contributed by atoms with Crippen LogP contribution in [0.25, 0.3) is 0 Å². The highest BCUT2D eigenvalue weighted by atomic mass is 19.2. The molecular formula is C17H11F3N2O3. The number of nitrogens with one attached hydrogen (secondary N) is 1. The van der Waals surface area contributed by atoms with Crippen molar-refractivity contribution in [2.24, 2.45) is 0 Å². The lowest BCUT2D eigenvalue weighted by molar-refractivity contribution is -0.123. The summed E-state index contributed by atoms with van der Waals surface area (Å²) < 4.78 is 44.4. The van der Waals surface area contributed by atoms with Gasteiger partial charge in [0.05, 0.1) is 22.9 Å². The number of amides is 1. The first kappa shape index (κ1) is 18.0. The Balaban J connectivity index is 2.03. The van der Waals surface area contributed by atoms with Crippen molar-refractivity contribution in [1.82, 2.24) is 0 Å². The van der Waals surface area contributed by atoms with Crippen LogP contribution in [0.3, 0.4) is 0 Å². The van der Waals surface area contributed by atoms with Gasteiger partial charge in [-0.05, 0) is 43.3 Å². The molecule has 1 N–H and O–H groups in total. The fourth-order valence-corrected chi connectivity index (χ4v) is 1.82. The first-order valence-electron chi connectivity index (χ1n) is 6.99. The fraction of sp³-hybridized carbons (Fsp3) is 0.118. The number of carbonyl (C=O) groups excluding carboxylic acids is 2. The summed E-state index contributed by atoms with van der Waals surface area (Å²) in [5.74, 6) is -6.43. The number of anilines is 1. The van der Waals surface area contributed by atoms with Gasteiger partial charge in [-0.25, -0.2) is 18.0 Å². The molecule has 0 fully saturated rings. The molecule has 0 saturated carbocycles. The SMILES string of the molecule is CC(OC(=O)c1ccc(C#N)cc1)C(=O)Nc1ccc(F)c(F)c1F. The minimum atomic E-state index is -1.72. The minimum Gasteiger partial charge on any atom is -0.449 e. The lowest BCUT2D eigenvalue weighted by atomic mass is 10.1. The number of hydrogen-bond donors (Lipinski definition) is 1. The van der Waals surface area contributed by atoms with E-state index in [2.05, 4.69) is 0 Å². The highest BCUT2D eigenvalue weighted by Gasteiger charge is 2.22. The molecule has 2 aromatic carbocycles. The lowest BCUT2D eigenvalue weighted by Crippen LogP contribution is -2.30. The van der Waals surface area contributed by atoms with Crippen molar-refractivity contribution in [2.75, 3.05) is 5.32 Å². The lowest BCUT2D eigenvalue weighted by Gasteiger charge is -2.14. The Morgan fingerprint density at radius 1 is 1.08 bits per heavy atom. The third-order valence-electron chi connectivity index (χ3n) is 3.20. The van der Waals surface area contributed by atoms with Gasteiger partial charge in [0.1, 0.15) is 0 Å². The van der Waals surface area contributed by atoms with Gasteiger partial charge in [-0.3, -0.25) is 4.79 Å². The van der Waals surface area contributed by atoms with E-state index in [0.717, 1.165) is 6.07 Å². The number of rotatable bonds is 4. The van der Waals surface area contributed by atoms with E-state index in [9.17, 15) is 22.8 Å². The van der Waals surface area contributed by atoms with E-state index in [0.29, 0.717) is 11.6 Å². The predicted octanol–water partition coefficient (Wildman–Crippen LogP) is 3.16. The molecule has 0 aliphatic carbocycles. The first-order chi connectivity index (χ1) is 11.8. The number of benzene rings is 2. The van der Waals surface area contributed by atoms with Gasteiger partial charge in [0.2, 0.25) is 0 Å². The predicted molar refractivity (Wildman–Crippen MR) is 81.0 cm³/mol. The van der Waals surface area contributed by atoms with Gasteiger partial charge in [0, 0.05) is 0 Å². The molecule has 25 heavy (non-hydrogen) atoms. The average Bonchev–Trinajstić information content (AvgIpc) is 2.62. The van der Waals surface area contributed by atoms with Gasteiger partial charge in [0.15, 0.2) is 23.6 Å². The van der Waals surface area contributed by atoms with Gasteiger partial charge in [0.25, 0.3) is 5.91 Å². The smallest absolute Gasteiger partial charge is 0.338 e. The van der Waals surface area contributed by atoms with Crippen molar-refractivity contribution >= 4 is 17.6 Å². The summed E-state index contributed by atoms with van der Waals surface area (Å²) in [7, 11) is 0. The van der Waals surface area contributed by atoms with Crippen molar-refractivity contribution in [3.63, 3.8) is 0 Å². The number of carbonyl (C=O) groups is 2. The van der Waals surface area contributed by atoms with Crippen LogP contribution in [-0.4, -0.2) is 18.0 Å². The third-order valence-corrected chi connectivity index (χ3v) is 3.20. The number of esters is 1. The van der Waals surface area contributed by atoms with Crippen molar-refractivity contribution in [3.05, 3.63) is 65.0 Å². The Labute approximate surface area is 140 Å². The van der Waals surface area contributed by atoms with Gasteiger partial charge >= 0.3 is 5.97 Å². The largest absolute Gasteiger partial charge is 0.449 e. The second-order valence-electron chi connectivity index (χ2n) is 4.95. The monoisotopic (exact) mass is 348 g/mol. The highest BCUT2D eigenvalue weighted by Crippen LogP contribution is 2.20. The zero-order valence-electron chi connectivity index (χ0n) is 12.8. The van der Waals surface area contributed by atoms with Crippen LogP contribution >= 0.6 is 0 Å². The van der Waals surface area contributed by atoms with Crippen LogP contribution in [0.2, 0.25) is 0 Å². The Morgan fingerprint density at radius 3 is 2.32 bits per heavy atom. The Morgan fingerprint density at radius 2 is 1.72 bits per heavy atom.